The zero-order valence-corrected chi connectivity index (χ0v) is 17.5. The fourth-order valence-electron chi connectivity index (χ4n) is 3.91. The maximum Gasteiger partial charge on any atom is 0.230 e. The highest BCUT2D eigenvalue weighted by Gasteiger charge is 2.32. The Morgan fingerprint density at radius 2 is 1.94 bits per heavy atom. The van der Waals surface area contributed by atoms with E-state index in [1.807, 2.05) is 0 Å². The van der Waals surface area contributed by atoms with Crippen LogP contribution >= 0.6 is 11.3 Å². The van der Waals surface area contributed by atoms with Gasteiger partial charge in [-0.2, -0.15) is 9.50 Å². The standard InChI is InChI=1S/C21H20FN5O3S/c1-13(28)25-8-10-26(11-9-25)17(14-4-6-15(22)7-5-14)18-20(29)27-21(31-18)23-19(24-27)16-3-2-12-30-16/h2-7,12,17,29H,8-11H2,1H3/t17-/m0/s1. The van der Waals surface area contributed by atoms with Crippen LogP contribution in [-0.4, -0.2) is 61.6 Å². The highest BCUT2D eigenvalue weighted by Crippen LogP contribution is 2.40. The molecule has 5 rings (SSSR count). The number of benzene rings is 1. The van der Waals surface area contributed by atoms with Crippen LogP contribution in [0.5, 0.6) is 5.88 Å². The lowest BCUT2D eigenvalue weighted by Crippen LogP contribution is -2.49. The van der Waals surface area contributed by atoms with E-state index in [0.717, 1.165) is 5.56 Å². The third kappa shape index (κ3) is 3.57. The number of amides is 1. The summed E-state index contributed by atoms with van der Waals surface area (Å²) in [6.07, 6.45) is 1.54. The lowest BCUT2D eigenvalue weighted by atomic mass is 10.0. The van der Waals surface area contributed by atoms with E-state index in [2.05, 4.69) is 15.0 Å². The van der Waals surface area contributed by atoms with Crippen LogP contribution in [0.3, 0.4) is 0 Å². The van der Waals surface area contributed by atoms with E-state index < -0.39 is 0 Å². The fraction of sp³-hybridized carbons (Fsp3) is 0.286. The Bertz CT molecular complexity index is 1210. The smallest absolute Gasteiger partial charge is 0.230 e. The molecule has 1 aliphatic rings. The SMILES string of the molecule is CC(=O)N1CCN([C@@H](c2ccc(F)cc2)c2sc3nc(-c4ccco4)nn3c2O)CC1. The molecule has 0 saturated carbocycles. The highest BCUT2D eigenvalue weighted by molar-refractivity contribution is 7.17. The predicted octanol–water partition coefficient (Wildman–Crippen LogP) is 3.15. The molecular weight excluding hydrogens is 421 g/mol. The quantitative estimate of drug-likeness (QED) is 0.524. The second kappa shape index (κ2) is 7.78. The summed E-state index contributed by atoms with van der Waals surface area (Å²) in [6.45, 7) is 4.02. The number of piperazine rings is 1. The number of halogens is 1. The van der Waals surface area contributed by atoms with Crippen molar-refractivity contribution in [2.45, 2.75) is 13.0 Å². The number of nitrogens with zero attached hydrogens (tertiary/aromatic N) is 5. The van der Waals surface area contributed by atoms with Crippen molar-refractivity contribution < 1.29 is 18.7 Å². The van der Waals surface area contributed by atoms with Gasteiger partial charge in [-0.15, -0.1) is 5.10 Å². The van der Waals surface area contributed by atoms with E-state index >= 15 is 0 Å². The first-order valence-electron chi connectivity index (χ1n) is 9.88. The van der Waals surface area contributed by atoms with Gasteiger partial charge in [-0.05, 0) is 29.8 Å². The van der Waals surface area contributed by atoms with Gasteiger partial charge in [-0.3, -0.25) is 9.69 Å². The Morgan fingerprint density at radius 3 is 2.55 bits per heavy atom. The van der Waals surface area contributed by atoms with Crippen molar-refractivity contribution in [3.63, 3.8) is 0 Å². The molecule has 0 unspecified atom stereocenters. The Kier molecular flexibility index (Phi) is 4.95. The molecule has 4 aromatic rings. The molecule has 8 nitrogen and oxygen atoms in total. The van der Waals surface area contributed by atoms with Gasteiger partial charge >= 0.3 is 0 Å². The molecule has 160 valence electrons. The molecule has 0 spiro atoms. The Hall–Kier alpha value is -3.24. The average molecular weight is 441 g/mol. The van der Waals surface area contributed by atoms with Crippen molar-refractivity contribution in [3.8, 4) is 17.5 Å². The zero-order chi connectivity index (χ0) is 21.5. The van der Waals surface area contributed by atoms with Crippen molar-refractivity contribution in [1.29, 1.82) is 0 Å². The number of aromatic hydroxyl groups is 1. The van der Waals surface area contributed by atoms with Crippen LogP contribution in [0.1, 0.15) is 23.4 Å². The van der Waals surface area contributed by atoms with Crippen LogP contribution in [0.4, 0.5) is 4.39 Å². The van der Waals surface area contributed by atoms with Gasteiger partial charge in [-0.1, -0.05) is 23.5 Å². The molecule has 0 bridgehead atoms. The summed E-state index contributed by atoms with van der Waals surface area (Å²) in [4.78, 5) is 21.4. The second-order valence-electron chi connectivity index (χ2n) is 7.39. The molecule has 3 aromatic heterocycles. The maximum atomic E-state index is 13.6. The summed E-state index contributed by atoms with van der Waals surface area (Å²) in [5.74, 6) is 0.636. The molecule has 10 heteroatoms. The topological polar surface area (TPSA) is 87.1 Å². The minimum absolute atomic E-state index is 0.00590. The van der Waals surface area contributed by atoms with Crippen LogP contribution in [-0.2, 0) is 4.79 Å². The fourth-order valence-corrected chi connectivity index (χ4v) is 5.02. The third-order valence-electron chi connectivity index (χ3n) is 5.50. The number of hydrogen-bond acceptors (Lipinski definition) is 7. The predicted molar refractivity (Wildman–Crippen MR) is 112 cm³/mol. The van der Waals surface area contributed by atoms with Gasteiger partial charge in [-0.25, -0.2) is 4.39 Å². The second-order valence-corrected chi connectivity index (χ2v) is 8.40. The Balaban J connectivity index is 1.54. The van der Waals surface area contributed by atoms with Crippen molar-refractivity contribution in [2.24, 2.45) is 0 Å². The van der Waals surface area contributed by atoms with Gasteiger partial charge in [0.15, 0.2) is 5.76 Å². The minimum atomic E-state index is -0.321. The maximum absolute atomic E-state index is 13.6. The molecule has 4 heterocycles. The van der Waals surface area contributed by atoms with E-state index in [0.29, 0.717) is 47.6 Å². The largest absolute Gasteiger partial charge is 0.492 e. The van der Waals surface area contributed by atoms with E-state index in [1.165, 1.54) is 28.0 Å². The number of aromatic nitrogens is 3. The zero-order valence-electron chi connectivity index (χ0n) is 16.7. The summed E-state index contributed by atoms with van der Waals surface area (Å²) in [6, 6.07) is 9.47. The molecule has 31 heavy (non-hydrogen) atoms. The van der Waals surface area contributed by atoms with E-state index in [-0.39, 0.29) is 23.6 Å². The number of hydrogen-bond donors (Lipinski definition) is 1. The van der Waals surface area contributed by atoms with E-state index in [9.17, 15) is 14.3 Å². The number of rotatable bonds is 4. The first-order chi connectivity index (χ1) is 15.0. The molecular formula is C21H20FN5O3S. The van der Waals surface area contributed by atoms with Crippen molar-refractivity contribution in [1.82, 2.24) is 24.4 Å². The number of fused-ring (bicyclic) bond motifs is 1. The molecule has 1 fully saturated rings. The van der Waals surface area contributed by atoms with Crippen LogP contribution < -0.4 is 0 Å². The van der Waals surface area contributed by atoms with Gasteiger partial charge in [0.05, 0.1) is 17.2 Å². The molecule has 1 aromatic carbocycles. The summed E-state index contributed by atoms with van der Waals surface area (Å²) in [5, 5.41) is 15.4. The van der Waals surface area contributed by atoms with Crippen molar-refractivity contribution in [3.05, 3.63) is 58.9 Å². The molecule has 1 aliphatic heterocycles. The van der Waals surface area contributed by atoms with E-state index in [4.69, 9.17) is 4.42 Å². The molecule has 1 saturated heterocycles. The van der Waals surface area contributed by atoms with Gasteiger partial charge in [0, 0.05) is 33.1 Å². The first kappa shape index (κ1) is 19.7. The highest BCUT2D eigenvalue weighted by atomic mass is 32.1. The Morgan fingerprint density at radius 1 is 1.19 bits per heavy atom. The van der Waals surface area contributed by atoms with Gasteiger partial charge in [0.25, 0.3) is 0 Å². The molecule has 0 aliphatic carbocycles. The van der Waals surface area contributed by atoms with E-state index in [1.54, 1.807) is 42.4 Å². The third-order valence-corrected chi connectivity index (χ3v) is 6.57. The summed E-state index contributed by atoms with van der Waals surface area (Å²) in [7, 11) is 0. The monoisotopic (exact) mass is 441 g/mol. The lowest BCUT2D eigenvalue weighted by molar-refractivity contribution is -0.130. The summed E-state index contributed by atoms with van der Waals surface area (Å²) in [5.41, 5.74) is 0.851. The normalized spacial score (nSPS) is 16.1. The first-order valence-corrected chi connectivity index (χ1v) is 10.7. The summed E-state index contributed by atoms with van der Waals surface area (Å²) < 4.78 is 20.3. The molecule has 0 radical (unpaired) electrons. The molecule has 1 amide bonds. The van der Waals surface area contributed by atoms with Crippen LogP contribution in [0.15, 0.2) is 47.1 Å². The van der Waals surface area contributed by atoms with Gasteiger partial charge in [0.1, 0.15) is 5.82 Å². The molecule has 1 atom stereocenters. The number of furan rings is 1. The average Bonchev–Trinajstić information content (AvgIpc) is 3.49. The van der Waals surface area contributed by atoms with Crippen molar-refractivity contribution in [2.75, 3.05) is 26.2 Å². The van der Waals surface area contributed by atoms with Crippen molar-refractivity contribution >= 4 is 22.2 Å². The van der Waals surface area contributed by atoms with Gasteiger partial charge < -0.3 is 14.4 Å². The van der Waals surface area contributed by atoms with Gasteiger partial charge in [0.2, 0.25) is 22.6 Å². The lowest BCUT2D eigenvalue weighted by Gasteiger charge is -2.38. The number of carbonyl (C=O) groups excluding carboxylic acids is 1. The number of carbonyl (C=O) groups is 1. The minimum Gasteiger partial charge on any atom is -0.492 e. The van der Waals surface area contributed by atoms with Crippen LogP contribution in [0.25, 0.3) is 16.5 Å². The van der Waals surface area contributed by atoms with Crippen LogP contribution in [0.2, 0.25) is 0 Å². The Labute approximate surface area is 181 Å². The molecule has 1 N–H and O–H groups in total. The van der Waals surface area contributed by atoms with Crippen LogP contribution in [0, 0.1) is 5.82 Å². The number of thiazole rings is 1. The summed E-state index contributed by atoms with van der Waals surface area (Å²) >= 11 is 1.33.